The van der Waals surface area contributed by atoms with Gasteiger partial charge in [0, 0.05) is 17.5 Å². The van der Waals surface area contributed by atoms with Crippen molar-refractivity contribution >= 4 is 0 Å². The molecule has 0 bridgehead atoms. The highest BCUT2D eigenvalue weighted by Crippen LogP contribution is 2.50. The van der Waals surface area contributed by atoms with Crippen LogP contribution in [-0.4, -0.2) is 26.4 Å². The highest BCUT2D eigenvalue weighted by atomic mass is 16.5. The first-order valence-electron chi connectivity index (χ1n) is 7.38. The third kappa shape index (κ3) is 2.52. The summed E-state index contributed by atoms with van der Waals surface area (Å²) in [5, 5.41) is 9.98. The van der Waals surface area contributed by atoms with Crippen LogP contribution in [0.5, 0.6) is 28.7 Å². The first-order chi connectivity index (χ1) is 11.1. The lowest BCUT2D eigenvalue weighted by molar-refractivity contribution is 0.214. The van der Waals surface area contributed by atoms with Crippen molar-refractivity contribution in [2.45, 2.75) is 18.9 Å². The quantitative estimate of drug-likeness (QED) is 0.933. The molecule has 1 N–H and O–H groups in total. The smallest absolute Gasteiger partial charge is 0.164 e. The van der Waals surface area contributed by atoms with E-state index in [9.17, 15) is 5.11 Å². The Labute approximate surface area is 135 Å². The standard InChI is InChI=1S/C18H20O5/c1-10-12-8-13(19)16(21-3)9-15(12)23-18(10)11-5-6-14(20-2)17(7-11)22-4/h5-10,18-19H,1-4H3/t10-,18-/m1/s1. The Morgan fingerprint density at radius 2 is 1.61 bits per heavy atom. The van der Waals surface area contributed by atoms with Crippen LogP contribution in [0.25, 0.3) is 0 Å². The molecule has 0 aliphatic carbocycles. The number of phenols is 1. The summed E-state index contributed by atoms with van der Waals surface area (Å²) in [6, 6.07) is 9.18. The molecule has 1 aliphatic rings. The molecular weight excluding hydrogens is 296 g/mol. The predicted octanol–water partition coefficient (Wildman–Crippen LogP) is 3.66. The summed E-state index contributed by atoms with van der Waals surface area (Å²) in [7, 11) is 4.74. The number of rotatable bonds is 4. The van der Waals surface area contributed by atoms with Gasteiger partial charge >= 0.3 is 0 Å². The second-order valence-corrected chi connectivity index (χ2v) is 5.50. The zero-order chi connectivity index (χ0) is 16.6. The molecule has 0 fully saturated rings. The Balaban J connectivity index is 1.97. The van der Waals surface area contributed by atoms with Gasteiger partial charge in [0.05, 0.1) is 21.3 Å². The molecule has 3 rings (SSSR count). The van der Waals surface area contributed by atoms with Crippen LogP contribution in [0.1, 0.15) is 30.1 Å². The molecular formula is C18H20O5. The molecule has 0 saturated heterocycles. The number of ether oxygens (including phenoxy) is 4. The van der Waals surface area contributed by atoms with E-state index in [-0.39, 0.29) is 17.8 Å². The summed E-state index contributed by atoms with van der Waals surface area (Å²) in [6.45, 7) is 2.07. The number of phenolic OH excluding ortho intramolecular Hbond substituents is 1. The van der Waals surface area contributed by atoms with E-state index in [4.69, 9.17) is 18.9 Å². The fraction of sp³-hybridized carbons (Fsp3) is 0.333. The van der Waals surface area contributed by atoms with Gasteiger partial charge in [0.1, 0.15) is 11.9 Å². The van der Waals surface area contributed by atoms with Crippen molar-refractivity contribution in [2.75, 3.05) is 21.3 Å². The topological polar surface area (TPSA) is 57.2 Å². The summed E-state index contributed by atoms with van der Waals surface area (Å²) in [5.74, 6) is 2.70. The maximum Gasteiger partial charge on any atom is 0.164 e. The number of benzene rings is 2. The van der Waals surface area contributed by atoms with Crippen LogP contribution in [0.3, 0.4) is 0 Å². The van der Waals surface area contributed by atoms with E-state index < -0.39 is 0 Å². The molecule has 2 aromatic carbocycles. The Hall–Kier alpha value is -2.56. The van der Waals surface area contributed by atoms with Crippen molar-refractivity contribution in [3.63, 3.8) is 0 Å². The lowest BCUT2D eigenvalue weighted by atomic mass is 9.92. The van der Waals surface area contributed by atoms with Gasteiger partial charge in [-0.1, -0.05) is 13.0 Å². The molecule has 0 aromatic heterocycles. The van der Waals surface area contributed by atoms with Gasteiger partial charge in [-0.25, -0.2) is 0 Å². The van der Waals surface area contributed by atoms with Gasteiger partial charge in [-0.2, -0.15) is 0 Å². The second kappa shape index (κ2) is 5.91. The Kier molecular flexibility index (Phi) is 3.94. The average molecular weight is 316 g/mol. The lowest BCUT2D eigenvalue weighted by Crippen LogP contribution is -2.07. The molecule has 0 saturated carbocycles. The van der Waals surface area contributed by atoms with E-state index in [0.29, 0.717) is 17.2 Å². The van der Waals surface area contributed by atoms with Gasteiger partial charge in [0.25, 0.3) is 0 Å². The summed E-state index contributed by atoms with van der Waals surface area (Å²) in [5.41, 5.74) is 1.95. The van der Waals surface area contributed by atoms with Gasteiger partial charge in [0.15, 0.2) is 23.0 Å². The third-order valence-corrected chi connectivity index (χ3v) is 4.25. The van der Waals surface area contributed by atoms with E-state index in [1.54, 1.807) is 26.4 Å². The molecule has 0 amide bonds. The van der Waals surface area contributed by atoms with Crippen molar-refractivity contribution in [3.05, 3.63) is 41.5 Å². The van der Waals surface area contributed by atoms with Crippen LogP contribution in [0.2, 0.25) is 0 Å². The zero-order valence-electron chi connectivity index (χ0n) is 13.6. The highest BCUT2D eigenvalue weighted by molar-refractivity contribution is 5.54. The van der Waals surface area contributed by atoms with Crippen molar-refractivity contribution < 1.29 is 24.1 Å². The molecule has 1 heterocycles. The molecule has 122 valence electrons. The van der Waals surface area contributed by atoms with Crippen molar-refractivity contribution in [1.29, 1.82) is 0 Å². The van der Waals surface area contributed by atoms with Crippen LogP contribution >= 0.6 is 0 Å². The Bertz CT molecular complexity index is 726. The summed E-state index contributed by atoms with van der Waals surface area (Å²) < 4.78 is 21.9. The van der Waals surface area contributed by atoms with Gasteiger partial charge in [-0.3, -0.25) is 0 Å². The molecule has 5 heteroatoms. The maximum atomic E-state index is 9.98. The van der Waals surface area contributed by atoms with E-state index >= 15 is 0 Å². The highest BCUT2D eigenvalue weighted by Gasteiger charge is 2.34. The van der Waals surface area contributed by atoms with Crippen molar-refractivity contribution in [3.8, 4) is 28.7 Å². The molecule has 0 spiro atoms. The Morgan fingerprint density at radius 3 is 2.26 bits per heavy atom. The zero-order valence-corrected chi connectivity index (χ0v) is 13.6. The maximum absolute atomic E-state index is 9.98. The second-order valence-electron chi connectivity index (χ2n) is 5.50. The van der Waals surface area contributed by atoms with E-state index in [1.165, 1.54) is 7.11 Å². The fourth-order valence-electron chi connectivity index (χ4n) is 2.98. The molecule has 5 nitrogen and oxygen atoms in total. The van der Waals surface area contributed by atoms with Crippen LogP contribution in [0.4, 0.5) is 0 Å². The summed E-state index contributed by atoms with van der Waals surface area (Å²) >= 11 is 0. The monoisotopic (exact) mass is 316 g/mol. The van der Waals surface area contributed by atoms with Crippen molar-refractivity contribution in [1.82, 2.24) is 0 Å². The minimum absolute atomic E-state index is 0.0971. The number of hydrogen-bond donors (Lipinski definition) is 1. The van der Waals surface area contributed by atoms with Gasteiger partial charge in [-0.05, 0) is 23.8 Å². The average Bonchev–Trinajstić information content (AvgIpc) is 2.89. The number of aromatic hydroxyl groups is 1. The normalized spacial score (nSPS) is 19.0. The molecule has 1 aliphatic heterocycles. The summed E-state index contributed by atoms with van der Waals surface area (Å²) in [4.78, 5) is 0. The molecule has 2 atom stereocenters. The Morgan fingerprint density at radius 1 is 0.913 bits per heavy atom. The van der Waals surface area contributed by atoms with Gasteiger partial charge in [0.2, 0.25) is 0 Å². The van der Waals surface area contributed by atoms with Gasteiger partial charge < -0.3 is 24.1 Å². The predicted molar refractivity (Wildman–Crippen MR) is 86.0 cm³/mol. The van der Waals surface area contributed by atoms with E-state index in [2.05, 4.69) is 6.92 Å². The van der Waals surface area contributed by atoms with Crippen LogP contribution in [0.15, 0.2) is 30.3 Å². The fourth-order valence-corrected chi connectivity index (χ4v) is 2.98. The lowest BCUT2D eigenvalue weighted by Gasteiger charge is -2.17. The molecule has 0 unspecified atom stereocenters. The summed E-state index contributed by atoms with van der Waals surface area (Å²) in [6.07, 6.45) is -0.156. The van der Waals surface area contributed by atoms with Crippen LogP contribution < -0.4 is 18.9 Å². The van der Waals surface area contributed by atoms with Crippen molar-refractivity contribution in [2.24, 2.45) is 0 Å². The first kappa shape index (κ1) is 15.3. The largest absolute Gasteiger partial charge is 0.504 e. The number of methoxy groups -OCH3 is 3. The number of hydrogen-bond acceptors (Lipinski definition) is 5. The van der Waals surface area contributed by atoms with Crippen LogP contribution in [-0.2, 0) is 0 Å². The minimum Gasteiger partial charge on any atom is -0.504 e. The van der Waals surface area contributed by atoms with Gasteiger partial charge in [-0.15, -0.1) is 0 Å². The SMILES string of the molecule is COc1cc2c(cc1O)[C@@H](C)[C@H](c1ccc(OC)c(OC)c1)O2. The van der Waals surface area contributed by atoms with E-state index in [0.717, 1.165) is 16.9 Å². The number of fused-ring (bicyclic) bond motifs is 1. The first-order valence-corrected chi connectivity index (χ1v) is 7.38. The minimum atomic E-state index is -0.156. The molecule has 23 heavy (non-hydrogen) atoms. The molecule has 2 aromatic rings. The van der Waals surface area contributed by atoms with E-state index in [1.807, 2.05) is 18.2 Å². The van der Waals surface area contributed by atoms with Crippen LogP contribution in [0, 0.1) is 0 Å². The third-order valence-electron chi connectivity index (χ3n) is 4.25. The molecule has 0 radical (unpaired) electrons.